The van der Waals surface area contributed by atoms with Gasteiger partial charge in [-0.3, -0.25) is 4.99 Å². The predicted molar refractivity (Wildman–Crippen MR) is 94.7 cm³/mol. The monoisotopic (exact) mass is 334 g/mol. The van der Waals surface area contributed by atoms with Crippen molar-refractivity contribution in [1.29, 1.82) is 0 Å². The largest absolute Gasteiger partial charge is 0.356 e. The van der Waals surface area contributed by atoms with Crippen LogP contribution in [0.25, 0.3) is 0 Å². The number of hydrogen-bond acceptors (Lipinski definition) is 3. The minimum atomic E-state index is -3.10. The molecule has 0 saturated carbocycles. The van der Waals surface area contributed by atoms with Crippen molar-refractivity contribution in [2.75, 3.05) is 32.9 Å². The molecule has 0 aliphatic heterocycles. The highest BCUT2D eigenvalue weighted by Gasteiger charge is 2.13. The van der Waals surface area contributed by atoms with Crippen LogP contribution in [0.3, 0.4) is 0 Å². The van der Waals surface area contributed by atoms with E-state index in [4.69, 9.17) is 0 Å². The summed E-state index contributed by atoms with van der Waals surface area (Å²) in [4.78, 5) is 4.20. The van der Waals surface area contributed by atoms with Crippen molar-refractivity contribution in [3.05, 3.63) is 0 Å². The summed E-state index contributed by atoms with van der Waals surface area (Å²) in [5.74, 6) is 1.48. The maximum atomic E-state index is 11.5. The summed E-state index contributed by atoms with van der Waals surface area (Å²) in [6.07, 6.45) is 4.30. The molecule has 0 spiro atoms. The fraction of sp³-hybridized carbons (Fsp3) is 0.933. The van der Waals surface area contributed by atoms with Crippen molar-refractivity contribution in [2.24, 2.45) is 10.9 Å². The maximum absolute atomic E-state index is 11.5. The quantitative estimate of drug-likeness (QED) is 0.362. The number of guanidine groups is 1. The van der Waals surface area contributed by atoms with Crippen LogP contribution in [0.15, 0.2) is 4.99 Å². The van der Waals surface area contributed by atoms with Crippen LogP contribution in [0, 0.1) is 5.92 Å². The topological polar surface area (TPSA) is 73.8 Å². The first-order valence-electron chi connectivity index (χ1n) is 8.13. The third-order valence-corrected chi connectivity index (χ3v) is 4.86. The fourth-order valence-corrected chi connectivity index (χ4v) is 3.03. The molecular weight excluding hydrogens is 300 g/mol. The van der Waals surface area contributed by atoms with Crippen molar-refractivity contribution < 1.29 is 8.42 Å². The molecule has 0 aromatic heterocycles. The number of rotatable bonds is 10. The molecule has 6 nitrogen and oxygen atoms in total. The van der Waals surface area contributed by atoms with Gasteiger partial charge in [0.05, 0.1) is 6.26 Å². The highest BCUT2D eigenvalue weighted by molar-refractivity contribution is 7.88. The maximum Gasteiger partial charge on any atom is 0.211 e. The average Bonchev–Trinajstić information content (AvgIpc) is 2.42. The lowest BCUT2D eigenvalue weighted by molar-refractivity contribution is 0.423. The van der Waals surface area contributed by atoms with Crippen molar-refractivity contribution in [2.45, 2.75) is 53.0 Å². The third-order valence-electron chi connectivity index (χ3n) is 3.48. The van der Waals surface area contributed by atoms with E-state index in [0.717, 1.165) is 18.8 Å². The summed E-state index contributed by atoms with van der Waals surface area (Å²) in [5.41, 5.74) is 0. The lowest BCUT2D eigenvalue weighted by Gasteiger charge is -2.20. The second-order valence-electron chi connectivity index (χ2n) is 6.12. The lowest BCUT2D eigenvalue weighted by atomic mass is 10.0. The van der Waals surface area contributed by atoms with E-state index in [2.05, 4.69) is 36.4 Å². The summed E-state index contributed by atoms with van der Waals surface area (Å²) in [5, 5.41) is 6.60. The summed E-state index contributed by atoms with van der Waals surface area (Å²) < 4.78 is 24.5. The molecule has 0 aliphatic carbocycles. The van der Waals surface area contributed by atoms with E-state index in [9.17, 15) is 8.42 Å². The highest BCUT2D eigenvalue weighted by Crippen LogP contribution is 2.06. The lowest BCUT2D eigenvalue weighted by Crippen LogP contribution is -2.43. The molecular formula is C15H34N4O2S. The van der Waals surface area contributed by atoms with Crippen LogP contribution in [0.5, 0.6) is 0 Å². The molecule has 1 atom stereocenters. The number of nitrogens with one attached hydrogen (secondary N) is 2. The van der Waals surface area contributed by atoms with Crippen molar-refractivity contribution in [3.63, 3.8) is 0 Å². The van der Waals surface area contributed by atoms with Gasteiger partial charge in [0, 0.05) is 32.7 Å². The van der Waals surface area contributed by atoms with E-state index in [-0.39, 0.29) is 0 Å². The van der Waals surface area contributed by atoms with Gasteiger partial charge in [-0.1, -0.05) is 20.8 Å². The first-order chi connectivity index (χ1) is 10.2. The number of aliphatic imine (C=N–C) groups is 1. The Morgan fingerprint density at radius 3 is 2.32 bits per heavy atom. The second-order valence-corrected chi connectivity index (χ2v) is 8.11. The number of sulfonamides is 1. The molecule has 0 aromatic carbocycles. The Morgan fingerprint density at radius 2 is 1.86 bits per heavy atom. The van der Waals surface area contributed by atoms with Gasteiger partial charge in [0.2, 0.25) is 10.0 Å². The molecule has 0 aromatic rings. The van der Waals surface area contributed by atoms with Gasteiger partial charge in [-0.15, -0.1) is 0 Å². The molecule has 0 rings (SSSR count). The van der Waals surface area contributed by atoms with Crippen LogP contribution in [-0.4, -0.2) is 57.7 Å². The first kappa shape index (κ1) is 21.2. The Morgan fingerprint density at radius 1 is 1.23 bits per heavy atom. The third kappa shape index (κ3) is 10.00. The van der Waals surface area contributed by atoms with Gasteiger partial charge in [0.1, 0.15) is 0 Å². The molecule has 22 heavy (non-hydrogen) atoms. The van der Waals surface area contributed by atoms with Crippen LogP contribution in [0.4, 0.5) is 0 Å². The van der Waals surface area contributed by atoms with Gasteiger partial charge < -0.3 is 10.6 Å². The van der Waals surface area contributed by atoms with Crippen LogP contribution >= 0.6 is 0 Å². The molecule has 0 radical (unpaired) electrons. The minimum absolute atomic E-state index is 0.372. The molecule has 132 valence electrons. The molecule has 0 amide bonds. The summed E-state index contributed by atoms with van der Waals surface area (Å²) in [7, 11) is -1.35. The van der Waals surface area contributed by atoms with Crippen LogP contribution in [0.1, 0.15) is 47.0 Å². The van der Waals surface area contributed by atoms with Gasteiger partial charge in [-0.25, -0.2) is 12.7 Å². The number of nitrogens with zero attached hydrogens (tertiary/aromatic N) is 2. The van der Waals surface area contributed by atoms with Gasteiger partial charge in [-0.2, -0.15) is 0 Å². The SMILES string of the molecule is CCN(CCCNC(=NC)NC(C)CCC(C)C)S(C)(=O)=O. The molecule has 0 fully saturated rings. The molecule has 7 heteroatoms. The van der Waals surface area contributed by atoms with Crippen molar-refractivity contribution in [3.8, 4) is 0 Å². The molecule has 2 N–H and O–H groups in total. The Hall–Kier alpha value is -0.820. The normalized spacial score (nSPS) is 14.5. The molecule has 0 saturated heterocycles. The Bertz CT molecular complexity index is 421. The van der Waals surface area contributed by atoms with Gasteiger partial charge in [-0.05, 0) is 32.1 Å². The molecule has 0 bridgehead atoms. The average molecular weight is 335 g/mol. The molecule has 0 aliphatic rings. The Balaban J connectivity index is 4.06. The highest BCUT2D eigenvalue weighted by atomic mass is 32.2. The fourth-order valence-electron chi connectivity index (χ4n) is 2.10. The van der Waals surface area contributed by atoms with E-state index >= 15 is 0 Å². The molecule has 0 heterocycles. The minimum Gasteiger partial charge on any atom is -0.356 e. The smallest absolute Gasteiger partial charge is 0.211 e. The van der Waals surface area contributed by atoms with Crippen LogP contribution < -0.4 is 10.6 Å². The van der Waals surface area contributed by atoms with E-state index in [0.29, 0.717) is 31.6 Å². The predicted octanol–water partition coefficient (Wildman–Crippen LogP) is 1.65. The zero-order chi connectivity index (χ0) is 17.2. The Labute approximate surface area is 136 Å². The summed E-state index contributed by atoms with van der Waals surface area (Å²) >= 11 is 0. The van der Waals surface area contributed by atoms with E-state index in [1.54, 1.807) is 7.05 Å². The van der Waals surface area contributed by atoms with E-state index < -0.39 is 10.0 Å². The van der Waals surface area contributed by atoms with Crippen molar-refractivity contribution in [1.82, 2.24) is 14.9 Å². The van der Waals surface area contributed by atoms with Gasteiger partial charge >= 0.3 is 0 Å². The first-order valence-corrected chi connectivity index (χ1v) is 9.97. The molecule has 1 unspecified atom stereocenters. The van der Waals surface area contributed by atoms with Gasteiger partial charge in [0.25, 0.3) is 0 Å². The summed E-state index contributed by atoms with van der Waals surface area (Å²) in [6, 6.07) is 0.372. The van der Waals surface area contributed by atoms with Gasteiger partial charge in [0.15, 0.2) is 5.96 Å². The summed E-state index contributed by atoms with van der Waals surface area (Å²) in [6.45, 7) is 10.2. The van der Waals surface area contributed by atoms with E-state index in [1.807, 2.05) is 6.92 Å². The number of hydrogen-bond donors (Lipinski definition) is 2. The van der Waals surface area contributed by atoms with E-state index in [1.165, 1.54) is 17.0 Å². The zero-order valence-corrected chi connectivity index (χ0v) is 15.8. The van der Waals surface area contributed by atoms with Crippen LogP contribution in [-0.2, 0) is 10.0 Å². The van der Waals surface area contributed by atoms with Crippen LogP contribution in [0.2, 0.25) is 0 Å². The van der Waals surface area contributed by atoms with Crippen molar-refractivity contribution >= 4 is 16.0 Å². The zero-order valence-electron chi connectivity index (χ0n) is 15.0. The Kier molecular flexibility index (Phi) is 10.4. The standard InChI is InChI=1S/C15H34N4O2S/c1-7-19(22(6,20)21)12-8-11-17-15(16-5)18-14(4)10-9-13(2)3/h13-14H,7-12H2,1-6H3,(H2,16,17,18). The second kappa shape index (κ2) is 10.8.